The predicted octanol–water partition coefficient (Wildman–Crippen LogP) is 2.50. The van der Waals surface area contributed by atoms with E-state index in [2.05, 4.69) is 4.99 Å². The SMILES string of the molecule is CCOC(=O)C1=C(C)N=c2s/c(=C\c3ccccc3C(=O)O)c(=O)n2C1c1ccccc1. The predicted molar refractivity (Wildman–Crippen MR) is 120 cm³/mol. The summed E-state index contributed by atoms with van der Waals surface area (Å²) in [6.07, 6.45) is 1.55. The van der Waals surface area contributed by atoms with Crippen LogP contribution in [0.5, 0.6) is 0 Å². The van der Waals surface area contributed by atoms with Crippen molar-refractivity contribution in [3.63, 3.8) is 0 Å². The summed E-state index contributed by atoms with van der Waals surface area (Å²) >= 11 is 1.16. The third kappa shape index (κ3) is 3.80. The smallest absolute Gasteiger partial charge is 0.338 e. The highest BCUT2D eigenvalue weighted by Gasteiger charge is 2.33. The van der Waals surface area contributed by atoms with Gasteiger partial charge in [-0.2, -0.15) is 0 Å². The molecular formula is C24H20N2O5S. The molecule has 1 unspecified atom stereocenters. The Bertz CT molecular complexity index is 1420. The molecule has 32 heavy (non-hydrogen) atoms. The Labute approximate surface area is 187 Å². The molecule has 0 fully saturated rings. The topological polar surface area (TPSA) is 98.0 Å². The number of allylic oxidation sites excluding steroid dienone is 1. The molecule has 4 rings (SSSR count). The molecular weight excluding hydrogens is 428 g/mol. The Kier molecular flexibility index (Phi) is 5.87. The lowest BCUT2D eigenvalue weighted by Gasteiger charge is -2.24. The molecule has 3 aromatic rings. The molecule has 1 atom stereocenters. The molecule has 1 aliphatic rings. The standard InChI is InChI=1S/C24H20N2O5S/c1-3-31-23(30)19-14(2)25-24-26(20(19)15-9-5-4-6-10-15)21(27)18(32-24)13-16-11-7-8-12-17(16)22(28)29/h4-13,20H,3H2,1-2H3,(H,28,29)/b18-13-. The second kappa shape index (κ2) is 8.76. The zero-order valence-corrected chi connectivity index (χ0v) is 18.3. The van der Waals surface area contributed by atoms with Crippen LogP contribution in [0.3, 0.4) is 0 Å². The van der Waals surface area contributed by atoms with E-state index in [1.54, 1.807) is 38.1 Å². The van der Waals surface area contributed by atoms with Crippen LogP contribution in [0.1, 0.15) is 41.4 Å². The third-order valence-corrected chi connectivity index (χ3v) is 6.09. The fraction of sp³-hybridized carbons (Fsp3) is 0.167. The summed E-state index contributed by atoms with van der Waals surface area (Å²) in [4.78, 5) is 42.8. The lowest BCUT2D eigenvalue weighted by atomic mass is 9.96. The van der Waals surface area contributed by atoms with Gasteiger partial charge in [0.1, 0.15) is 0 Å². The van der Waals surface area contributed by atoms with Gasteiger partial charge in [-0.05, 0) is 37.1 Å². The van der Waals surface area contributed by atoms with Crippen LogP contribution in [0.25, 0.3) is 6.08 Å². The Morgan fingerprint density at radius 2 is 1.84 bits per heavy atom. The first-order valence-corrected chi connectivity index (χ1v) is 10.8. The molecule has 1 N–H and O–H groups in total. The first-order chi connectivity index (χ1) is 15.4. The van der Waals surface area contributed by atoms with Crippen molar-refractivity contribution in [3.05, 3.63) is 102 Å². The number of esters is 1. The molecule has 2 heterocycles. The lowest BCUT2D eigenvalue weighted by Crippen LogP contribution is -2.39. The monoisotopic (exact) mass is 448 g/mol. The molecule has 0 saturated carbocycles. The molecule has 2 aromatic carbocycles. The zero-order valence-electron chi connectivity index (χ0n) is 17.4. The van der Waals surface area contributed by atoms with Gasteiger partial charge in [0.05, 0.1) is 34.0 Å². The van der Waals surface area contributed by atoms with Crippen LogP contribution in [0.2, 0.25) is 0 Å². The molecule has 0 radical (unpaired) electrons. The van der Waals surface area contributed by atoms with Crippen molar-refractivity contribution in [2.45, 2.75) is 19.9 Å². The third-order valence-electron chi connectivity index (χ3n) is 5.11. The average Bonchev–Trinajstić information content (AvgIpc) is 3.08. The second-order valence-corrected chi connectivity index (χ2v) is 8.11. The maximum Gasteiger partial charge on any atom is 0.338 e. The highest BCUT2D eigenvalue weighted by atomic mass is 32.1. The van der Waals surface area contributed by atoms with Gasteiger partial charge in [0.15, 0.2) is 4.80 Å². The molecule has 1 aliphatic heterocycles. The van der Waals surface area contributed by atoms with Crippen molar-refractivity contribution < 1.29 is 19.4 Å². The van der Waals surface area contributed by atoms with Gasteiger partial charge in [-0.3, -0.25) is 9.36 Å². The molecule has 7 nitrogen and oxygen atoms in total. The van der Waals surface area contributed by atoms with Crippen LogP contribution in [0.15, 0.2) is 75.7 Å². The van der Waals surface area contributed by atoms with Gasteiger partial charge in [0.25, 0.3) is 5.56 Å². The summed E-state index contributed by atoms with van der Waals surface area (Å²) in [5.41, 5.74) is 1.71. The van der Waals surface area contributed by atoms with E-state index in [-0.39, 0.29) is 17.7 Å². The minimum atomic E-state index is -1.08. The number of carbonyl (C=O) groups is 2. The Morgan fingerprint density at radius 1 is 1.16 bits per heavy atom. The van der Waals surface area contributed by atoms with Crippen LogP contribution in [0, 0.1) is 0 Å². The quantitative estimate of drug-likeness (QED) is 0.605. The van der Waals surface area contributed by atoms with Crippen molar-refractivity contribution in [3.8, 4) is 0 Å². The van der Waals surface area contributed by atoms with E-state index >= 15 is 0 Å². The van der Waals surface area contributed by atoms with Gasteiger partial charge in [-0.15, -0.1) is 0 Å². The highest BCUT2D eigenvalue weighted by Crippen LogP contribution is 2.30. The maximum absolute atomic E-state index is 13.5. The van der Waals surface area contributed by atoms with Crippen molar-refractivity contribution >= 4 is 29.4 Å². The number of nitrogens with zero attached hydrogens (tertiary/aromatic N) is 2. The summed E-state index contributed by atoms with van der Waals surface area (Å²) in [6, 6.07) is 15.0. The molecule has 162 valence electrons. The van der Waals surface area contributed by atoms with Crippen LogP contribution >= 0.6 is 11.3 Å². The number of hydrogen-bond acceptors (Lipinski definition) is 6. The Balaban J connectivity index is 1.97. The minimum absolute atomic E-state index is 0.0985. The van der Waals surface area contributed by atoms with E-state index in [0.29, 0.717) is 26.2 Å². The summed E-state index contributed by atoms with van der Waals surface area (Å²) < 4.78 is 7.07. The molecule has 0 amide bonds. The molecule has 0 bridgehead atoms. The number of fused-ring (bicyclic) bond motifs is 1. The van der Waals surface area contributed by atoms with Crippen molar-refractivity contribution in [2.75, 3.05) is 6.61 Å². The number of hydrogen-bond donors (Lipinski definition) is 1. The second-order valence-electron chi connectivity index (χ2n) is 7.11. The van der Waals surface area contributed by atoms with E-state index < -0.39 is 18.0 Å². The van der Waals surface area contributed by atoms with Crippen molar-refractivity contribution in [1.29, 1.82) is 0 Å². The summed E-state index contributed by atoms with van der Waals surface area (Å²) in [5, 5.41) is 9.47. The van der Waals surface area contributed by atoms with E-state index in [9.17, 15) is 19.5 Å². The fourth-order valence-corrected chi connectivity index (χ4v) is 4.74. The summed E-state index contributed by atoms with van der Waals surface area (Å²) in [7, 11) is 0. The van der Waals surface area contributed by atoms with Gasteiger partial charge in [-0.1, -0.05) is 59.9 Å². The van der Waals surface area contributed by atoms with Crippen molar-refractivity contribution in [1.82, 2.24) is 4.57 Å². The fourth-order valence-electron chi connectivity index (χ4n) is 3.70. The van der Waals surface area contributed by atoms with Gasteiger partial charge in [0.2, 0.25) is 0 Å². The normalized spacial score (nSPS) is 15.8. The Hall–Kier alpha value is -3.78. The molecule has 0 aliphatic carbocycles. The zero-order chi connectivity index (χ0) is 22.8. The number of benzene rings is 2. The van der Waals surface area contributed by atoms with Gasteiger partial charge in [0, 0.05) is 0 Å². The van der Waals surface area contributed by atoms with Crippen LogP contribution in [-0.4, -0.2) is 28.2 Å². The molecule has 0 saturated heterocycles. The summed E-state index contributed by atoms with van der Waals surface area (Å²) in [6.45, 7) is 3.65. The lowest BCUT2D eigenvalue weighted by molar-refractivity contribution is -0.139. The number of rotatable bonds is 5. The first kappa shape index (κ1) is 21.5. The van der Waals surface area contributed by atoms with Gasteiger partial charge in [-0.25, -0.2) is 14.6 Å². The van der Waals surface area contributed by atoms with Crippen LogP contribution < -0.4 is 14.9 Å². The number of ether oxygens (including phenoxy) is 1. The van der Waals surface area contributed by atoms with Gasteiger partial charge >= 0.3 is 11.9 Å². The van der Waals surface area contributed by atoms with Gasteiger partial charge < -0.3 is 9.84 Å². The summed E-state index contributed by atoms with van der Waals surface area (Å²) in [5.74, 6) is -1.60. The van der Waals surface area contributed by atoms with E-state index in [4.69, 9.17) is 4.74 Å². The van der Waals surface area contributed by atoms with E-state index in [1.165, 1.54) is 10.6 Å². The van der Waals surface area contributed by atoms with E-state index in [0.717, 1.165) is 16.9 Å². The molecule has 8 heteroatoms. The average molecular weight is 449 g/mol. The number of aromatic nitrogens is 1. The number of thiazole rings is 1. The maximum atomic E-state index is 13.5. The largest absolute Gasteiger partial charge is 0.478 e. The molecule has 1 aromatic heterocycles. The van der Waals surface area contributed by atoms with Crippen molar-refractivity contribution in [2.24, 2.45) is 4.99 Å². The van der Waals surface area contributed by atoms with Crippen LogP contribution in [-0.2, 0) is 9.53 Å². The number of aromatic carboxylic acids is 1. The first-order valence-electron chi connectivity index (χ1n) is 9.99. The molecule has 0 spiro atoms. The van der Waals surface area contributed by atoms with E-state index in [1.807, 2.05) is 30.3 Å². The number of carboxylic acid groups (broad SMARTS) is 1. The Morgan fingerprint density at radius 3 is 2.53 bits per heavy atom. The number of carbonyl (C=O) groups excluding carboxylic acids is 1. The minimum Gasteiger partial charge on any atom is -0.478 e. The number of carboxylic acids is 1. The van der Waals surface area contributed by atoms with Crippen LogP contribution in [0.4, 0.5) is 0 Å². The highest BCUT2D eigenvalue weighted by molar-refractivity contribution is 7.07.